The summed E-state index contributed by atoms with van der Waals surface area (Å²) in [6.07, 6.45) is 8.48. The largest absolute Gasteiger partial charge is 0.294 e. The Kier molecular flexibility index (Phi) is 7.35. The standard InChI is InChI=1S/C28H27N5O2/c1-4-28(35)33(27-9-10-30-18-32-27)24-15-22(21-7-5-19(2)6-8-21)14-23(16-24)26(34)13-20(3)25-17-29-11-12-31-25/h5-12,14-18,20H,4,13H2,1-3H3. The third kappa shape index (κ3) is 5.63. The van der Waals surface area contributed by atoms with Crippen LogP contribution in [-0.2, 0) is 4.79 Å². The third-order valence-electron chi connectivity index (χ3n) is 5.81. The molecule has 0 saturated heterocycles. The van der Waals surface area contributed by atoms with Crippen LogP contribution in [0.15, 0.2) is 79.6 Å². The Labute approximate surface area is 204 Å². The van der Waals surface area contributed by atoms with Gasteiger partial charge >= 0.3 is 0 Å². The summed E-state index contributed by atoms with van der Waals surface area (Å²) in [5, 5.41) is 0. The molecule has 0 fully saturated rings. The second kappa shape index (κ2) is 10.8. The van der Waals surface area contributed by atoms with Gasteiger partial charge in [-0.3, -0.25) is 24.5 Å². The SMILES string of the molecule is CCC(=O)N(c1cc(C(=O)CC(C)c2cnccn2)cc(-c2ccc(C)cc2)c1)c1ccncn1. The number of nitrogens with zero attached hydrogens (tertiary/aromatic N) is 5. The number of ketones is 1. The number of amides is 1. The van der Waals surface area contributed by atoms with Crippen molar-refractivity contribution in [2.75, 3.05) is 4.90 Å². The first-order valence-corrected chi connectivity index (χ1v) is 11.6. The smallest absolute Gasteiger partial charge is 0.232 e. The van der Waals surface area contributed by atoms with Crippen molar-refractivity contribution < 1.29 is 9.59 Å². The Morgan fingerprint density at radius 2 is 1.71 bits per heavy atom. The molecular weight excluding hydrogens is 438 g/mol. The van der Waals surface area contributed by atoms with Gasteiger partial charge in [0, 0.05) is 49.1 Å². The first-order chi connectivity index (χ1) is 17.0. The van der Waals surface area contributed by atoms with E-state index in [-0.39, 0.29) is 30.4 Å². The van der Waals surface area contributed by atoms with Gasteiger partial charge in [-0.2, -0.15) is 0 Å². The molecule has 4 aromatic rings. The molecule has 35 heavy (non-hydrogen) atoms. The van der Waals surface area contributed by atoms with Crippen LogP contribution in [0.1, 0.15) is 54.2 Å². The lowest BCUT2D eigenvalue weighted by atomic mass is 9.94. The van der Waals surface area contributed by atoms with Crippen LogP contribution in [-0.4, -0.2) is 31.6 Å². The number of Topliss-reactive ketones (excluding diaryl/α,β-unsaturated/α-hetero) is 1. The average Bonchev–Trinajstić information content (AvgIpc) is 2.90. The van der Waals surface area contributed by atoms with Crippen molar-refractivity contribution in [1.29, 1.82) is 0 Å². The van der Waals surface area contributed by atoms with Crippen LogP contribution in [0.3, 0.4) is 0 Å². The number of aryl methyl sites for hydroxylation is 1. The summed E-state index contributed by atoms with van der Waals surface area (Å²) >= 11 is 0. The highest BCUT2D eigenvalue weighted by Crippen LogP contribution is 2.32. The molecule has 0 saturated carbocycles. The monoisotopic (exact) mass is 465 g/mol. The van der Waals surface area contributed by atoms with Crippen molar-refractivity contribution >= 4 is 23.2 Å². The predicted octanol–water partition coefficient (Wildman–Crippen LogP) is 5.69. The van der Waals surface area contributed by atoms with Crippen molar-refractivity contribution in [1.82, 2.24) is 19.9 Å². The number of anilines is 2. The second-order valence-corrected chi connectivity index (χ2v) is 8.44. The zero-order valence-corrected chi connectivity index (χ0v) is 20.0. The van der Waals surface area contributed by atoms with E-state index in [2.05, 4.69) is 19.9 Å². The van der Waals surface area contributed by atoms with E-state index in [0.29, 0.717) is 17.1 Å². The van der Waals surface area contributed by atoms with Crippen LogP contribution in [0.25, 0.3) is 11.1 Å². The predicted molar refractivity (Wildman–Crippen MR) is 135 cm³/mol. The molecule has 1 atom stereocenters. The number of carbonyl (C=O) groups excluding carboxylic acids is 2. The molecule has 0 aliphatic carbocycles. The van der Waals surface area contributed by atoms with E-state index >= 15 is 0 Å². The lowest BCUT2D eigenvalue weighted by molar-refractivity contribution is -0.117. The zero-order chi connectivity index (χ0) is 24.8. The molecule has 2 aromatic carbocycles. The summed E-state index contributed by atoms with van der Waals surface area (Å²) in [5.41, 5.74) is 4.82. The molecule has 0 radical (unpaired) electrons. The van der Waals surface area contributed by atoms with Crippen molar-refractivity contribution in [3.05, 3.63) is 96.5 Å². The van der Waals surface area contributed by atoms with Gasteiger partial charge in [-0.1, -0.05) is 43.7 Å². The van der Waals surface area contributed by atoms with Gasteiger partial charge < -0.3 is 0 Å². The van der Waals surface area contributed by atoms with Gasteiger partial charge in [0.2, 0.25) is 5.91 Å². The summed E-state index contributed by atoms with van der Waals surface area (Å²) < 4.78 is 0. The first kappa shape index (κ1) is 23.9. The van der Waals surface area contributed by atoms with Crippen LogP contribution in [0.5, 0.6) is 0 Å². The Balaban J connectivity index is 1.79. The van der Waals surface area contributed by atoms with E-state index in [4.69, 9.17) is 0 Å². The molecule has 7 heteroatoms. The van der Waals surface area contributed by atoms with Gasteiger partial charge in [-0.15, -0.1) is 0 Å². The number of carbonyl (C=O) groups is 2. The maximum Gasteiger partial charge on any atom is 0.232 e. The Morgan fingerprint density at radius 1 is 0.914 bits per heavy atom. The molecule has 2 heterocycles. The van der Waals surface area contributed by atoms with Crippen LogP contribution in [0.2, 0.25) is 0 Å². The van der Waals surface area contributed by atoms with E-state index in [1.807, 2.05) is 50.2 Å². The lowest BCUT2D eigenvalue weighted by Crippen LogP contribution is -2.26. The molecule has 0 bridgehead atoms. The van der Waals surface area contributed by atoms with E-state index in [1.54, 1.807) is 48.7 Å². The van der Waals surface area contributed by atoms with Crippen LogP contribution in [0.4, 0.5) is 11.5 Å². The normalized spacial score (nSPS) is 11.6. The quantitative estimate of drug-likeness (QED) is 0.310. The summed E-state index contributed by atoms with van der Waals surface area (Å²) in [4.78, 5) is 44.7. The van der Waals surface area contributed by atoms with Crippen LogP contribution >= 0.6 is 0 Å². The number of benzene rings is 2. The van der Waals surface area contributed by atoms with Gasteiger partial charge in [0.25, 0.3) is 0 Å². The fourth-order valence-electron chi connectivity index (χ4n) is 3.86. The first-order valence-electron chi connectivity index (χ1n) is 11.6. The minimum Gasteiger partial charge on any atom is -0.294 e. The third-order valence-corrected chi connectivity index (χ3v) is 5.81. The maximum atomic E-state index is 13.4. The maximum absolute atomic E-state index is 13.4. The highest BCUT2D eigenvalue weighted by molar-refractivity contribution is 6.03. The number of hydrogen-bond donors (Lipinski definition) is 0. The molecule has 0 spiro atoms. The van der Waals surface area contributed by atoms with Gasteiger partial charge in [-0.05, 0) is 42.3 Å². The van der Waals surface area contributed by atoms with Gasteiger partial charge in [-0.25, -0.2) is 9.97 Å². The molecule has 2 aromatic heterocycles. The number of aromatic nitrogens is 4. The van der Waals surface area contributed by atoms with Gasteiger partial charge in [0.15, 0.2) is 5.78 Å². The van der Waals surface area contributed by atoms with Gasteiger partial charge in [0.05, 0.1) is 11.4 Å². The van der Waals surface area contributed by atoms with Crippen molar-refractivity contribution in [3.63, 3.8) is 0 Å². The Hall–Kier alpha value is -4.26. The molecule has 1 amide bonds. The van der Waals surface area contributed by atoms with Crippen LogP contribution in [0, 0.1) is 6.92 Å². The molecule has 1 unspecified atom stereocenters. The highest BCUT2D eigenvalue weighted by atomic mass is 16.2. The Bertz CT molecular complexity index is 1310. The molecule has 4 rings (SSSR count). The fourth-order valence-corrected chi connectivity index (χ4v) is 3.86. The van der Waals surface area contributed by atoms with Crippen molar-refractivity contribution in [2.24, 2.45) is 0 Å². The van der Waals surface area contributed by atoms with E-state index in [0.717, 1.165) is 22.4 Å². The summed E-state index contributed by atoms with van der Waals surface area (Å²) in [6, 6.07) is 15.3. The molecular formula is C28H27N5O2. The molecule has 176 valence electrons. The number of hydrogen-bond acceptors (Lipinski definition) is 6. The molecule has 0 aliphatic rings. The number of rotatable bonds is 8. The van der Waals surface area contributed by atoms with Crippen molar-refractivity contribution in [3.8, 4) is 11.1 Å². The molecule has 0 N–H and O–H groups in total. The van der Waals surface area contributed by atoms with E-state index < -0.39 is 0 Å². The van der Waals surface area contributed by atoms with Crippen molar-refractivity contribution in [2.45, 2.75) is 39.5 Å². The summed E-state index contributed by atoms with van der Waals surface area (Å²) in [6.45, 7) is 5.79. The minimum absolute atomic E-state index is 0.0371. The minimum atomic E-state index is -0.129. The molecule has 7 nitrogen and oxygen atoms in total. The average molecular weight is 466 g/mol. The van der Waals surface area contributed by atoms with Gasteiger partial charge in [0.1, 0.15) is 12.1 Å². The fraction of sp³-hybridized carbons (Fsp3) is 0.214. The topological polar surface area (TPSA) is 88.9 Å². The zero-order valence-electron chi connectivity index (χ0n) is 20.0. The highest BCUT2D eigenvalue weighted by Gasteiger charge is 2.22. The molecule has 0 aliphatic heterocycles. The van der Waals surface area contributed by atoms with Crippen LogP contribution < -0.4 is 4.90 Å². The van der Waals surface area contributed by atoms with E-state index in [1.165, 1.54) is 6.33 Å². The second-order valence-electron chi connectivity index (χ2n) is 8.44. The summed E-state index contributed by atoms with van der Waals surface area (Å²) in [7, 11) is 0. The van der Waals surface area contributed by atoms with E-state index in [9.17, 15) is 9.59 Å². The summed E-state index contributed by atoms with van der Waals surface area (Å²) in [5.74, 6) is 0.193. The Morgan fingerprint density at radius 3 is 2.37 bits per heavy atom. The lowest BCUT2D eigenvalue weighted by Gasteiger charge is -2.23.